The number of carbonyl (C=O) groups is 2. The first kappa shape index (κ1) is 17.9. The average Bonchev–Trinajstić information content (AvgIpc) is 2.99. The molecule has 0 aromatic heterocycles. The van der Waals surface area contributed by atoms with Crippen molar-refractivity contribution in [3.8, 4) is 11.1 Å². The molecule has 0 unspecified atom stereocenters. The standard InChI is InChI=1S/C20H23N3O3/c1-2-11-23(22-19(24)12-21)20(25)26-13-18-16-9-5-3-7-14(16)15-8-4-6-10-17(15)18/h3-10,18H,2,11-13,21H2,1H3,(H,22,24). The minimum absolute atomic E-state index is 0.0139. The van der Waals surface area contributed by atoms with Gasteiger partial charge in [-0.2, -0.15) is 0 Å². The van der Waals surface area contributed by atoms with Crippen LogP contribution >= 0.6 is 0 Å². The third-order valence-corrected chi connectivity index (χ3v) is 4.45. The quantitative estimate of drug-likeness (QED) is 0.809. The number of nitrogens with zero attached hydrogens (tertiary/aromatic N) is 1. The number of amides is 2. The molecule has 3 rings (SSSR count). The fraction of sp³-hybridized carbons (Fsp3) is 0.300. The summed E-state index contributed by atoms with van der Waals surface area (Å²) < 4.78 is 5.53. The van der Waals surface area contributed by atoms with E-state index < -0.39 is 12.0 Å². The van der Waals surface area contributed by atoms with Gasteiger partial charge in [-0.1, -0.05) is 55.5 Å². The number of ether oxygens (including phenoxy) is 1. The summed E-state index contributed by atoms with van der Waals surface area (Å²) in [5.41, 5.74) is 12.4. The minimum Gasteiger partial charge on any atom is -0.447 e. The molecule has 0 saturated heterocycles. The molecule has 2 amide bonds. The maximum Gasteiger partial charge on any atom is 0.428 e. The second-order valence-corrected chi connectivity index (χ2v) is 6.19. The van der Waals surface area contributed by atoms with E-state index in [9.17, 15) is 9.59 Å². The summed E-state index contributed by atoms with van der Waals surface area (Å²) >= 11 is 0. The van der Waals surface area contributed by atoms with Crippen LogP contribution in [0.2, 0.25) is 0 Å². The van der Waals surface area contributed by atoms with Crippen molar-refractivity contribution in [1.29, 1.82) is 0 Å². The van der Waals surface area contributed by atoms with E-state index in [1.807, 2.05) is 31.2 Å². The second kappa shape index (κ2) is 8.01. The van der Waals surface area contributed by atoms with Crippen LogP contribution in [-0.4, -0.2) is 36.7 Å². The van der Waals surface area contributed by atoms with Crippen molar-refractivity contribution in [2.24, 2.45) is 5.73 Å². The van der Waals surface area contributed by atoms with Gasteiger partial charge in [0.1, 0.15) is 6.61 Å². The average molecular weight is 353 g/mol. The molecule has 1 aliphatic carbocycles. The van der Waals surface area contributed by atoms with Gasteiger partial charge in [0.25, 0.3) is 5.91 Å². The Labute approximate surface area is 152 Å². The third-order valence-electron chi connectivity index (χ3n) is 4.45. The van der Waals surface area contributed by atoms with Crippen molar-refractivity contribution < 1.29 is 14.3 Å². The molecule has 0 heterocycles. The zero-order valence-corrected chi connectivity index (χ0v) is 14.8. The maximum atomic E-state index is 12.4. The van der Waals surface area contributed by atoms with Gasteiger partial charge >= 0.3 is 6.09 Å². The molecule has 2 aromatic carbocycles. The zero-order chi connectivity index (χ0) is 18.5. The fourth-order valence-electron chi connectivity index (χ4n) is 3.28. The number of nitrogens with one attached hydrogen (secondary N) is 1. The predicted molar refractivity (Wildman–Crippen MR) is 99.3 cm³/mol. The number of rotatable bonds is 5. The molecular weight excluding hydrogens is 330 g/mol. The maximum absolute atomic E-state index is 12.4. The van der Waals surface area contributed by atoms with Crippen molar-refractivity contribution in [2.75, 3.05) is 19.7 Å². The molecule has 0 radical (unpaired) electrons. The lowest BCUT2D eigenvalue weighted by atomic mass is 9.98. The van der Waals surface area contributed by atoms with Gasteiger partial charge in [-0.15, -0.1) is 0 Å². The molecule has 0 fully saturated rings. The normalized spacial score (nSPS) is 12.2. The van der Waals surface area contributed by atoms with Crippen LogP contribution in [0.3, 0.4) is 0 Å². The molecule has 1 aliphatic rings. The van der Waals surface area contributed by atoms with Gasteiger partial charge in [0.2, 0.25) is 0 Å². The van der Waals surface area contributed by atoms with Crippen LogP contribution in [0.1, 0.15) is 30.4 Å². The number of hydrogen-bond acceptors (Lipinski definition) is 4. The smallest absolute Gasteiger partial charge is 0.428 e. The Balaban J connectivity index is 1.74. The molecule has 6 heteroatoms. The van der Waals surface area contributed by atoms with Crippen molar-refractivity contribution in [1.82, 2.24) is 10.4 Å². The number of fused-ring (bicyclic) bond motifs is 3. The summed E-state index contributed by atoms with van der Waals surface area (Å²) in [7, 11) is 0. The zero-order valence-electron chi connectivity index (χ0n) is 14.8. The summed E-state index contributed by atoms with van der Waals surface area (Å²) in [6.07, 6.45) is 0.116. The van der Waals surface area contributed by atoms with Gasteiger partial charge in [-0.3, -0.25) is 10.2 Å². The molecule has 26 heavy (non-hydrogen) atoms. The van der Waals surface area contributed by atoms with Crippen LogP contribution in [0.25, 0.3) is 11.1 Å². The molecular formula is C20H23N3O3. The van der Waals surface area contributed by atoms with E-state index in [0.29, 0.717) is 13.0 Å². The summed E-state index contributed by atoms with van der Waals surface area (Å²) in [4.78, 5) is 23.9. The molecule has 0 spiro atoms. The molecule has 136 valence electrons. The minimum atomic E-state index is -0.574. The van der Waals surface area contributed by atoms with E-state index in [0.717, 1.165) is 11.1 Å². The lowest BCUT2D eigenvalue weighted by Gasteiger charge is -2.23. The van der Waals surface area contributed by atoms with E-state index in [1.54, 1.807) is 0 Å². The number of carbonyl (C=O) groups excluding carboxylic acids is 2. The van der Waals surface area contributed by atoms with Crippen LogP contribution < -0.4 is 11.2 Å². The van der Waals surface area contributed by atoms with E-state index >= 15 is 0 Å². The van der Waals surface area contributed by atoms with Crippen LogP contribution in [0.15, 0.2) is 48.5 Å². The number of hydrogen-bond donors (Lipinski definition) is 2. The monoisotopic (exact) mass is 353 g/mol. The number of nitrogens with two attached hydrogens (primary N) is 1. The van der Waals surface area contributed by atoms with Gasteiger partial charge in [-0.25, -0.2) is 9.80 Å². The van der Waals surface area contributed by atoms with Gasteiger partial charge in [0.15, 0.2) is 0 Å². The number of benzene rings is 2. The van der Waals surface area contributed by atoms with Crippen LogP contribution in [0.5, 0.6) is 0 Å². The van der Waals surface area contributed by atoms with Crippen molar-refractivity contribution in [3.05, 3.63) is 59.7 Å². The Morgan fingerprint density at radius 2 is 1.65 bits per heavy atom. The Hall–Kier alpha value is -2.86. The Morgan fingerprint density at radius 1 is 1.08 bits per heavy atom. The van der Waals surface area contributed by atoms with Gasteiger partial charge < -0.3 is 10.5 Å². The first-order valence-electron chi connectivity index (χ1n) is 8.77. The highest BCUT2D eigenvalue weighted by Gasteiger charge is 2.29. The molecule has 0 atom stereocenters. The SMILES string of the molecule is CCCN(NC(=O)CN)C(=O)OCC1c2ccccc2-c2ccccc21. The lowest BCUT2D eigenvalue weighted by Crippen LogP contribution is -2.49. The summed E-state index contributed by atoms with van der Waals surface area (Å²) in [5, 5.41) is 1.18. The molecule has 2 aromatic rings. The summed E-state index contributed by atoms with van der Waals surface area (Å²) in [6.45, 7) is 2.31. The van der Waals surface area contributed by atoms with E-state index in [-0.39, 0.29) is 19.1 Å². The third kappa shape index (κ3) is 3.55. The fourth-order valence-corrected chi connectivity index (χ4v) is 3.28. The van der Waals surface area contributed by atoms with E-state index in [1.165, 1.54) is 16.1 Å². The predicted octanol–water partition coefficient (Wildman–Crippen LogP) is 2.64. The van der Waals surface area contributed by atoms with E-state index in [4.69, 9.17) is 10.5 Å². The first-order valence-corrected chi connectivity index (χ1v) is 8.77. The van der Waals surface area contributed by atoms with Crippen LogP contribution in [0.4, 0.5) is 4.79 Å². The van der Waals surface area contributed by atoms with Crippen molar-refractivity contribution >= 4 is 12.0 Å². The lowest BCUT2D eigenvalue weighted by molar-refractivity contribution is -0.124. The summed E-state index contributed by atoms with van der Waals surface area (Å²) in [6, 6.07) is 16.3. The molecule has 0 aliphatic heterocycles. The van der Waals surface area contributed by atoms with Crippen LogP contribution in [-0.2, 0) is 9.53 Å². The summed E-state index contributed by atoms with van der Waals surface area (Å²) in [5.74, 6) is -0.438. The highest BCUT2D eigenvalue weighted by atomic mass is 16.6. The molecule has 3 N–H and O–H groups in total. The second-order valence-electron chi connectivity index (χ2n) is 6.19. The molecule has 6 nitrogen and oxygen atoms in total. The van der Waals surface area contributed by atoms with Crippen LogP contribution in [0, 0.1) is 0 Å². The largest absolute Gasteiger partial charge is 0.447 e. The molecule has 0 saturated carbocycles. The van der Waals surface area contributed by atoms with E-state index in [2.05, 4.69) is 29.7 Å². The first-order chi connectivity index (χ1) is 12.7. The Kier molecular flexibility index (Phi) is 5.53. The number of hydrazine groups is 1. The molecule has 0 bridgehead atoms. The Bertz CT molecular complexity index is 761. The van der Waals surface area contributed by atoms with Gasteiger partial charge in [0, 0.05) is 12.5 Å². The van der Waals surface area contributed by atoms with Crippen molar-refractivity contribution in [2.45, 2.75) is 19.3 Å². The Morgan fingerprint density at radius 3 is 2.19 bits per heavy atom. The highest BCUT2D eigenvalue weighted by molar-refractivity contribution is 5.81. The topological polar surface area (TPSA) is 84.7 Å². The van der Waals surface area contributed by atoms with Gasteiger partial charge in [0.05, 0.1) is 6.54 Å². The highest BCUT2D eigenvalue weighted by Crippen LogP contribution is 2.44. The van der Waals surface area contributed by atoms with Crippen molar-refractivity contribution in [3.63, 3.8) is 0 Å². The van der Waals surface area contributed by atoms with Gasteiger partial charge in [-0.05, 0) is 28.7 Å².